The van der Waals surface area contributed by atoms with Gasteiger partial charge in [-0.1, -0.05) is 15.9 Å². The van der Waals surface area contributed by atoms with Crippen LogP contribution in [0, 0.1) is 11.3 Å². The Balaban J connectivity index is 2.96. The first-order chi connectivity index (χ1) is 8.24. The van der Waals surface area contributed by atoms with Gasteiger partial charge in [0.2, 0.25) is 5.78 Å². The third-order valence-electron chi connectivity index (χ3n) is 1.99. The summed E-state index contributed by atoms with van der Waals surface area (Å²) in [4.78, 5) is 22.1. The molecule has 3 nitrogen and oxygen atoms in total. The third-order valence-corrected chi connectivity index (χ3v) is 2.44. The molecule has 0 aliphatic heterocycles. The smallest absolute Gasteiger partial charge is 0.294 e. The molecule has 0 aliphatic carbocycles. The van der Waals surface area contributed by atoms with Crippen LogP contribution in [0.1, 0.15) is 22.3 Å². The highest BCUT2D eigenvalue weighted by atomic mass is 79.9. The number of nitriles is 1. The summed E-state index contributed by atoms with van der Waals surface area (Å²) in [5.74, 6) is -3.08. The van der Waals surface area contributed by atoms with Crippen molar-refractivity contribution in [3.8, 4) is 6.07 Å². The Kier molecular flexibility index (Phi) is 4.24. The van der Waals surface area contributed by atoms with Gasteiger partial charge in [-0.2, -0.15) is 18.4 Å². The van der Waals surface area contributed by atoms with Gasteiger partial charge in [-0.05, 0) is 18.2 Å². The van der Waals surface area contributed by atoms with Gasteiger partial charge in [-0.25, -0.2) is 0 Å². The maximum Gasteiger partial charge on any atom is 0.450 e. The molecule has 0 bridgehead atoms. The number of carbonyl (C=O) groups is 2. The van der Waals surface area contributed by atoms with Crippen molar-refractivity contribution in [2.45, 2.75) is 12.6 Å². The fraction of sp³-hybridized carbons (Fsp3) is 0.182. The molecular formula is C11H5BrF3NO2. The van der Waals surface area contributed by atoms with Crippen LogP contribution in [0.2, 0.25) is 0 Å². The lowest BCUT2D eigenvalue weighted by atomic mass is 10.0. The van der Waals surface area contributed by atoms with Crippen LogP contribution in [-0.4, -0.2) is 17.7 Å². The van der Waals surface area contributed by atoms with Crippen molar-refractivity contribution in [3.63, 3.8) is 0 Å². The largest absolute Gasteiger partial charge is 0.450 e. The van der Waals surface area contributed by atoms with E-state index in [1.807, 2.05) is 0 Å². The predicted molar refractivity (Wildman–Crippen MR) is 58.9 cm³/mol. The first-order valence-corrected chi connectivity index (χ1v) is 5.37. The van der Waals surface area contributed by atoms with E-state index in [9.17, 15) is 22.8 Å². The van der Waals surface area contributed by atoms with E-state index in [0.29, 0.717) is 4.47 Å². The summed E-state index contributed by atoms with van der Waals surface area (Å²) in [6, 6.07) is 5.55. The molecule has 0 aromatic heterocycles. The molecule has 0 saturated heterocycles. The second-order valence-electron chi connectivity index (χ2n) is 3.36. The Bertz CT molecular complexity index is 546. The molecule has 0 heterocycles. The number of hydrogen-bond acceptors (Lipinski definition) is 3. The van der Waals surface area contributed by atoms with Crippen molar-refractivity contribution in [1.29, 1.82) is 5.26 Å². The highest BCUT2D eigenvalue weighted by Gasteiger charge is 2.39. The molecule has 1 rings (SSSR count). The van der Waals surface area contributed by atoms with Crippen LogP contribution in [0.25, 0.3) is 0 Å². The van der Waals surface area contributed by atoms with Crippen LogP contribution >= 0.6 is 15.9 Å². The molecule has 0 amide bonds. The lowest BCUT2D eigenvalue weighted by molar-refractivity contribution is -0.170. The molecule has 0 fully saturated rings. The highest BCUT2D eigenvalue weighted by molar-refractivity contribution is 9.10. The van der Waals surface area contributed by atoms with Gasteiger partial charge in [-0.15, -0.1) is 0 Å². The van der Waals surface area contributed by atoms with E-state index in [2.05, 4.69) is 15.9 Å². The summed E-state index contributed by atoms with van der Waals surface area (Å²) in [6.45, 7) is 0. The number of halogens is 4. The second-order valence-corrected chi connectivity index (χ2v) is 4.28. The standard InChI is InChI=1S/C11H5BrF3NO2/c12-8-2-6(5-16)1-7(3-8)9(17)4-10(18)11(13,14)15/h1-3H,4H2. The van der Waals surface area contributed by atoms with Crippen molar-refractivity contribution in [2.24, 2.45) is 0 Å². The Morgan fingerprint density at radius 2 is 1.89 bits per heavy atom. The van der Waals surface area contributed by atoms with Gasteiger partial charge in [0.15, 0.2) is 5.78 Å². The maximum absolute atomic E-state index is 12.0. The first-order valence-electron chi connectivity index (χ1n) is 4.58. The first kappa shape index (κ1) is 14.4. The topological polar surface area (TPSA) is 57.9 Å². The van der Waals surface area contributed by atoms with Gasteiger partial charge in [0.05, 0.1) is 18.1 Å². The Hall–Kier alpha value is -1.68. The average Bonchev–Trinajstić information content (AvgIpc) is 2.26. The van der Waals surface area contributed by atoms with Gasteiger partial charge < -0.3 is 0 Å². The van der Waals surface area contributed by atoms with Crippen LogP contribution in [0.4, 0.5) is 13.2 Å². The van der Waals surface area contributed by atoms with Crippen molar-refractivity contribution >= 4 is 27.5 Å². The van der Waals surface area contributed by atoms with E-state index in [1.165, 1.54) is 12.1 Å². The van der Waals surface area contributed by atoms with Crippen molar-refractivity contribution in [1.82, 2.24) is 0 Å². The zero-order valence-electron chi connectivity index (χ0n) is 8.71. The minimum Gasteiger partial charge on any atom is -0.294 e. The number of nitrogens with zero attached hydrogens (tertiary/aromatic N) is 1. The molecule has 0 saturated carbocycles. The van der Waals surface area contributed by atoms with Crippen LogP contribution in [0.3, 0.4) is 0 Å². The minimum atomic E-state index is -5.03. The van der Waals surface area contributed by atoms with Crippen LogP contribution in [0.5, 0.6) is 0 Å². The van der Waals surface area contributed by atoms with E-state index in [1.54, 1.807) is 6.07 Å². The molecular weight excluding hydrogens is 315 g/mol. The SMILES string of the molecule is N#Cc1cc(Br)cc(C(=O)CC(=O)C(F)(F)F)c1. The zero-order valence-corrected chi connectivity index (χ0v) is 10.3. The summed E-state index contributed by atoms with van der Waals surface area (Å²) in [5.41, 5.74) is 0.00528. The van der Waals surface area contributed by atoms with Crippen LogP contribution < -0.4 is 0 Å². The molecule has 1 aromatic carbocycles. The lowest BCUT2D eigenvalue weighted by Gasteiger charge is -2.05. The molecule has 18 heavy (non-hydrogen) atoms. The molecule has 0 aliphatic rings. The van der Waals surface area contributed by atoms with Gasteiger partial charge in [0, 0.05) is 10.0 Å². The molecule has 7 heteroatoms. The monoisotopic (exact) mass is 319 g/mol. The van der Waals surface area contributed by atoms with E-state index >= 15 is 0 Å². The Morgan fingerprint density at radius 3 is 2.39 bits per heavy atom. The van der Waals surface area contributed by atoms with Crippen molar-refractivity contribution in [3.05, 3.63) is 33.8 Å². The zero-order chi connectivity index (χ0) is 13.9. The van der Waals surface area contributed by atoms with Crippen LogP contribution in [0.15, 0.2) is 22.7 Å². The molecule has 0 N–H and O–H groups in total. The summed E-state index contributed by atoms with van der Waals surface area (Å²) in [6.07, 6.45) is -6.29. The quantitative estimate of drug-likeness (QED) is 0.635. The third kappa shape index (κ3) is 3.67. The van der Waals surface area contributed by atoms with Gasteiger partial charge in [-0.3, -0.25) is 9.59 Å². The van der Waals surface area contributed by atoms with E-state index in [-0.39, 0.29) is 11.1 Å². The summed E-state index contributed by atoms with van der Waals surface area (Å²) >= 11 is 3.02. The van der Waals surface area contributed by atoms with Gasteiger partial charge in [0.25, 0.3) is 0 Å². The lowest BCUT2D eigenvalue weighted by Crippen LogP contribution is -2.25. The molecule has 94 valence electrons. The van der Waals surface area contributed by atoms with Crippen molar-refractivity contribution in [2.75, 3.05) is 0 Å². The summed E-state index contributed by atoms with van der Waals surface area (Å²) in [5, 5.41) is 8.65. The molecule has 0 radical (unpaired) electrons. The fourth-order valence-corrected chi connectivity index (χ4v) is 1.66. The van der Waals surface area contributed by atoms with Gasteiger partial charge >= 0.3 is 6.18 Å². The molecule has 0 spiro atoms. The minimum absolute atomic E-state index is 0.112. The van der Waals surface area contributed by atoms with Crippen LogP contribution in [-0.2, 0) is 4.79 Å². The van der Waals surface area contributed by atoms with E-state index in [4.69, 9.17) is 5.26 Å². The number of carbonyl (C=O) groups excluding carboxylic acids is 2. The number of alkyl halides is 3. The molecule has 0 unspecified atom stereocenters. The molecule has 0 atom stereocenters. The summed E-state index contributed by atoms with van der Waals surface area (Å²) in [7, 11) is 0. The highest BCUT2D eigenvalue weighted by Crippen LogP contribution is 2.21. The van der Waals surface area contributed by atoms with E-state index < -0.39 is 24.2 Å². The maximum atomic E-state index is 12.0. The average molecular weight is 320 g/mol. The number of ketones is 2. The van der Waals surface area contributed by atoms with Gasteiger partial charge in [0.1, 0.15) is 0 Å². The number of hydrogen-bond donors (Lipinski definition) is 0. The normalized spacial score (nSPS) is 10.8. The number of benzene rings is 1. The second kappa shape index (κ2) is 5.31. The fourth-order valence-electron chi connectivity index (χ4n) is 1.16. The van der Waals surface area contributed by atoms with E-state index in [0.717, 1.165) is 6.07 Å². The predicted octanol–water partition coefficient (Wildman–Crippen LogP) is 3.02. The number of rotatable bonds is 3. The number of Topliss-reactive ketones (excluding diaryl/α,β-unsaturated/α-hetero) is 2. The summed E-state index contributed by atoms with van der Waals surface area (Å²) < 4.78 is 36.3. The van der Waals surface area contributed by atoms with Crippen molar-refractivity contribution < 1.29 is 22.8 Å². The Labute approximate surface area is 108 Å². The Morgan fingerprint density at radius 1 is 1.28 bits per heavy atom. The molecule has 1 aromatic rings.